The second-order valence-electron chi connectivity index (χ2n) is 6.40. The summed E-state index contributed by atoms with van der Waals surface area (Å²) in [5.41, 5.74) is 2.18. The van der Waals surface area contributed by atoms with E-state index in [-0.39, 0.29) is 0 Å². The predicted molar refractivity (Wildman–Crippen MR) is 102 cm³/mol. The van der Waals surface area contributed by atoms with Crippen LogP contribution in [0.4, 0.5) is 0 Å². The lowest BCUT2D eigenvalue weighted by Gasteiger charge is -2.28. The standard InChI is InChI=1S/C21H26O6/c1-22-16-7-6-13(10-18(16)23-2)8-14-9-15-17(27-12-14)11-19(24-3)21(26-5)20(15)25-4/h6-7,10-11,14H,8-9,12H2,1-5H3. The van der Waals surface area contributed by atoms with Crippen LogP contribution in [-0.2, 0) is 12.8 Å². The summed E-state index contributed by atoms with van der Waals surface area (Å²) in [6.07, 6.45) is 1.69. The topological polar surface area (TPSA) is 55.4 Å². The van der Waals surface area contributed by atoms with E-state index < -0.39 is 0 Å². The van der Waals surface area contributed by atoms with Crippen molar-refractivity contribution >= 4 is 0 Å². The van der Waals surface area contributed by atoms with Crippen molar-refractivity contribution in [2.24, 2.45) is 5.92 Å². The quantitative estimate of drug-likeness (QED) is 0.739. The van der Waals surface area contributed by atoms with Crippen molar-refractivity contribution in [2.45, 2.75) is 12.8 Å². The molecule has 0 N–H and O–H groups in total. The Morgan fingerprint density at radius 3 is 2.15 bits per heavy atom. The van der Waals surface area contributed by atoms with E-state index in [2.05, 4.69) is 6.07 Å². The molecular formula is C21H26O6. The molecule has 0 amide bonds. The van der Waals surface area contributed by atoms with Crippen molar-refractivity contribution in [1.29, 1.82) is 0 Å². The Bertz CT molecular complexity index is 802. The van der Waals surface area contributed by atoms with Crippen LogP contribution in [0.25, 0.3) is 0 Å². The van der Waals surface area contributed by atoms with Crippen LogP contribution in [0.3, 0.4) is 0 Å². The molecule has 6 heteroatoms. The smallest absolute Gasteiger partial charge is 0.203 e. The zero-order chi connectivity index (χ0) is 19.4. The summed E-state index contributed by atoms with van der Waals surface area (Å²) in [6.45, 7) is 0.625. The van der Waals surface area contributed by atoms with Crippen molar-refractivity contribution in [3.8, 4) is 34.5 Å². The summed E-state index contributed by atoms with van der Waals surface area (Å²) < 4.78 is 33.3. The highest BCUT2D eigenvalue weighted by molar-refractivity contribution is 5.62. The summed E-state index contributed by atoms with van der Waals surface area (Å²) in [6, 6.07) is 7.87. The van der Waals surface area contributed by atoms with Crippen molar-refractivity contribution < 1.29 is 28.4 Å². The molecule has 3 rings (SSSR count). The molecule has 2 aromatic carbocycles. The van der Waals surface area contributed by atoms with E-state index in [9.17, 15) is 0 Å². The van der Waals surface area contributed by atoms with E-state index in [4.69, 9.17) is 28.4 Å². The van der Waals surface area contributed by atoms with Gasteiger partial charge in [0, 0.05) is 17.5 Å². The van der Waals surface area contributed by atoms with Gasteiger partial charge in [0.15, 0.2) is 23.0 Å². The molecule has 1 aliphatic heterocycles. The first-order chi connectivity index (χ1) is 13.1. The van der Waals surface area contributed by atoms with Gasteiger partial charge >= 0.3 is 0 Å². The van der Waals surface area contributed by atoms with E-state index >= 15 is 0 Å². The Labute approximate surface area is 159 Å². The number of hydrogen-bond donors (Lipinski definition) is 0. The third kappa shape index (κ3) is 3.70. The number of rotatable bonds is 7. The van der Waals surface area contributed by atoms with E-state index in [1.807, 2.05) is 18.2 Å². The van der Waals surface area contributed by atoms with Gasteiger partial charge in [-0.2, -0.15) is 0 Å². The summed E-state index contributed by atoms with van der Waals surface area (Å²) in [4.78, 5) is 0. The molecule has 1 atom stereocenters. The first kappa shape index (κ1) is 19.0. The minimum Gasteiger partial charge on any atom is -0.493 e. The van der Waals surface area contributed by atoms with Crippen molar-refractivity contribution in [3.63, 3.8) is 0 Å². The van der Waals surface area contributed by atoms with Crippen molar-refractivity contribution in [3.05, 3.63) is 35.4 Å². The highest BCUT2D eigenvalue weighted by atomic mass is 16.5. The van der Waals surface area contributed by atoms with Gasteiger partial charge in [-0.3, -0.25) is 0 Å². The van der Waals surface area contributed by atoms with Crippen molar-refractivity contribution in [2.75, 3.05) is 42.2 Å². The fraction of sp³-hybridized carbons (Fsp3) is 0.429. The third-order valence-corrected chi connectivity index (χ3v) is 4.83. The molecule has 0 saturated heterocycles. The average molecular weight is 374 g/mol. The van der Waals surface area contributed by atoms with E-state index in [0.29, 0.717) is 29.8 Å². The Hall–Kier alpha value is -2.76. The van der Waals surface area contributed by atoms with E-state index in [0.717, 1.165) is 35.7 Å². The molecule has 1 heterocycles. The highest BCUT2D eigenvalue weighted by Gasteiger charge is 2.28. The molecule has 0 radical (unpaired) electrons. The minimum absolute atomic E-state index is 0.308. The van der Waals surface area contributed by atoms with Gasteiger partial charge in [-0.15, -0.1) is 0 Å². The maximum absolute atomic E-state index is 6.02. The first-order valence-corrected chi connectivity index (χ1v) is 8.80. The number of benzene rings is 2. The van der Waals surface area contributed by atoms with Gasteiger partial charge in [-0.05, 0) is 30.5 Å². The molecule has 6 nitrogen and oxygen atoms in total. The molecule has 0 spiro atoms. The molecule has 1 aliphatic rings. The summed E-state index contributed by atoms with van der Waals surface area (Å²) in [5.74, 6) is 4.42. The molecule has 1 unspecified atom stereocenters. The molecule has 0 aromatic heterocycles. The van der Waals surface area contributed by atoms with Crippen LogP contribution in [0.5, 0.6) is 34.5 Å². The van der Waals surface area contributed by atoms with Crippen LogP contribution < -0.4 is 28.4 Å². The predicted octanol–water partition coefficient (Wildman–Crippen LogP) is 3.52. The van der Waals surface area contributed by atoms with Crippen LogP contribution in [0.2, 0.25) is 0 Å². The van der Waals surface area contributed by atoms with Crippen LogP contribution >= 0.6 is 0 Å². The average Bonchev–Trinajstić information content (AvgIpc) is 2.71. The van der Waals surface area contributed by atoms with Gasteiger partial charge in [0.05, 0.1) is 42.2 Å². The largest absolute Gasteiger partial charge is 0.493 e. The molecule has 0 bridgehead atoms. The Balaban J connectivity index is 1.86. The molecule has 0 aliphatic carbocycles. The summed E-state index contributed by atoms with van der Waals surface area (Å²) >= 11 is 0. The lowest BCUT2D eigenvalue weighted by Crippen LogP contribution is -2.23. The lowest BCUT2D eigenvalue weighted by molar-refractivity contribution is 0.213. The fourth-order valence-electron chi connectivity index (χ4n) is 3.54. The number of methoxy groups -OCH3 is 5. The molecule has 146 valence electrons. The molecule has 0 saturated carbocycles. The maximum atomic E-state index is 6.02. The van der Waals surface area contributed by atoms with Gasteiger partial charge in [0.25, 0.3) is 0 Å². The molecular weight excluding hydrogens is 348 g/mol. The number of fused-ring (bicyclic) bond motifs is 1. The normalized spacial score (nSPS) is 15.4. The summed E-state index contributed by atoms with van der Waals surface area (Å²) in [7, 11) is 8.13. The zero-order valence-electron chi connectivity index (χ0n) is 16.5. The third-order valence-electron chi connectivity index (χ3n) is 4.83. The molecule has 2 aromatic rings. The van der Waals surface area contributed by atoms with Gasteiger partial charge in [0.2, 0.25) is 5.75 Å². The van der Waals surface area contributed by atoms with Crippen LogP contribution in [0.1, 0.15) is 11.1 Å². The fourth-order valence-corrected chi connectivity index (χ4v) is 3.54. The summed E-state index contributed by atoms with van der Waals surface area (Å²) in [5, 5.41) is 0. The Kier molecular flexibility index (Phi) is 5.84. The SMILES string of the molecule is COc1ccc(CC2COc3cc(OC)c(OC)c(OC)c3C2)cc1OC. The van der Waals surface area contributed by atoms with Crippen LogP contribution in [0.15, 0.2) is 24.3 Å². The van der Waals surface area contributed by atoms with Crippen molar-refractivity contribution in [1.82, 2.24) is 0 Å². The molecule has 0 fully saturated rings. The monoisotopic (exact) mass is 374 g/mol. The van der Waals surface area contributed by atoms with Crippen LogP contribution in [-0.4, -0.2) is 42.2 Å². The highest BCUT2D eigenvalue weighted by Crippen LogP contribution is 2.47. The minimum atomic E-state index is 0.308. The lowest BCUT2D eigenvalue weighted by atomic mass is 9.90. The zero-order valence-corrected chi connectivity index (χ0v) is 16.5. The second-order valence-corrected chi connectivity index (χ2v) is 6.40. The van der Waals surface area contributed by atoms with Gasteiger partial charge in [-0.1, -0.05) is 6.07 Å². The molecule has 27 heavy (non-hydrogen) atoms. The maximum Gasteiger partial charge on any atom is 0.203 e. The number of ether oxygens (including phenoxy) is 6. The van der Waals surface area contributed by atoms with Gasteiger partial charge in [0.1, 0.15) is 5.75 Å². The van der Waals surface area contributed by atoms with Gasteiger partial charge < -0.3 is 28.4 Å². The van der Waals surface area contributed by atoms with Gasteiger partial charge in [-0.25, -0.2) is 0 Å². The van der Waals surface area contributed by atoms with Crippen LogP contribution in [0, 0.1) is 5.92 Å². The van der Waals surface area contributed by atoms with E-state index in [1.54, 1.807) is 35.5 Å². The number of hydrogen-bond acceptors (Lipinski definition) is 6. The Morgan fingerprint density at radius 1 is 0.815 bits per heavy atom. The Morgan fingerprint density at radius 2 is 1.52 bits per heavy atom. The van der Waals surface area contributed by atoms with E-state index in [1.165, 1.54) is 5.56 Å². The first-order valence-electron chi connectivity index (χ1n) is 8.80. The second kappa shape index (κ2) is 8.29.